The Hall–Kier alpha value is -1.30. The third-order valence-corrected chi connectivity index (χ3v) is 4.88. The second-order valence-electron chi connectivity index (χ2n) is 6.50. The van der Waals surface area contributed by atoms with Crippen LogP contribution in [0.1, 0.15) is 74.9 Å². The fourth-order valence-electron chi connectivity index (χ4n) is 2.94. The van der Waals surface area contributed by atoms with E-state index in [2.05, 4.69) is 69.2 Å². The van der Waals surface area contributed by atoms with Crippen molar-refractivity contribution in [1.82, 2.24) is 0 Å². The van der Waals surface area contributed by atoms with Gasteiger partial charge in [0.05, 0.1) is 0 Å². The van der Waals surface area contributed by atoms with Gasteiger partial charge in [0.1, 0.15) is 0 Å². The maximum Gasteiger partial charge on any atom is -0.0164 e. The molecule has 1 aromatic carbocycles. The molecule has 0 aromatic heterocycles. The van der Waals surface area contributed by atoms with Crippen LogP contribution in [0.5, 0.6) is 0 Å². The predicted molar refractivity (Wildman–Crippen MR) is 93.3 cm³/mol. The van der Waals surface area contributed by atoms with Gasteiger partial charge >= 0.3 is 0 Å². The van der Waals surface area contributed by atoms with Gasteiger partial charge in [-0.25, -0.2) is 0 Å². The first-order valence-electron chi connectivity index (χ1n) is 7.50. The quantitative estimate of drug-likeness (QED) is 0.572. The second kappa shape index (κ2) is 5.99. The van der Waals surface area contributed by atoms with Gasteiger partial charge in [-0.1, -0.05) is 11.1 Å². The van der Waals surface area contributed by atoms with Crippen molar-refractivity contribution in [2.45, 2.75) is 69.2 Å². The third-order valence-electron chi connectivity index (χ3n) is 4.88. The highest BCUT2D eigenvalue weighted by Gasteiger charge is 2.17. The molecule has 0 spiro atoms. The lowest BCUT2D eigenvalue weighted by molar-refractivity contribution is 1.17. The topological polar surface area (TPSA) is 0 Å². The van der Waals surface area contributed by atoms with E-state index in [0.29, 0.717) is 0 Å². The first kappa shape index (κ1) is 16.8. The number of allylic oxidation sites excluding steroid dienone is 4. The molecular formula is C20H30. The molecule has 0 nitrogen and oxygen atoms in total. The minimum Gasteiger partial charge on any atom is -0.0729 e. The Kier molecular flexibility index (Phi) is 5.02. The molecule has 20 heavy (non-hydrogen) atoms. The van der Waals surface area contributed by atoms with Gasteiger partial charge < -0.3 is 0 Å². The monoisotopic (exact) mass is 270 g/mol. The Morgan fingerprint density at radius 2 is 0.650 bits per heavy atom. The summed E-state index contributed by atoms with van der Waals surface area (Å²) in [6, 6.07) is 0. The Morgan fingerprint density at radius 1 is 0.450 bits per heavy atom. The number of rotatable bonds is 2. The highest BCUT2D eigenvalue weighted by atomic mass is 14.2. The van der Waals surface area contributed by atoms with Crippen molar-refractivity contribution < 1.29 is 0 Å². The summed E-state index contributed by atoms with van der Waals surface area (Å²) in [6.45, 7) is 22.4. The van der Waals surface area contributed by atoms with Crippen LogP contribution in [0.4, 0.5) is 0 Å². The van der Waals surface area contributed by atoms with Gasteiger partial charge in [0.25, 0.3) is 0 Å². The molecule has 1 rings (SSSR count). The third kappa shape index (κ3) is 2.75. The highest BCUT2D eigenvalue weighted by molar-refractivity contribution is 5.80. The molecule has 0 amide bonds. The standard InChI is InChI=1S/C20H30/c1-11(2)13(5)19-15(7)17(9)20(14(6)12(3)4)18(10)16(19)8/h1-10H3. The average Bonchev–Trinajstić information content (AvgIpc) is 2.36. The largest absolute Gasteiger partial charge is 0.0729 e. The summed E-state index contributed by atoms with van der Waals surface area (Å²) in [5.41, 5.74) is 14.3. The predicted octanol–water partition coefficient (Wildman–Crippen LogP) is 6.55. The van der Waals surface area contributed by atoms with Crippen molar-refractivity contribution in [3.8, 4) is 0 Å². The summed E-state index contributed by atoms with van der Waals surface area (Å²) in [7, 11) is 0. The van der Waals surface area contributed by atoms with Crippen LogP contribution < -0.4 is 0 Å². The van der Waals surface area contributed by atoms with Crippen molar-refractivity contribution in [2.75, 3.05) is 0 Å². The van der Waals surface area contributed by atoms with Gasteiger partial charge in [-0.2, -0.15) is 0 Å². The molecule has 0 unspecified atom stereocenters. The van der Waals surface area contributed by atoms with Crippen LogP contribution in [-0.2, 0) is 0 Å². The molecule has 0 atom stereocenters. The Balaban J connectivity index is 3.86. The molecule has 0 heteroatoms. The van der Waals surface area contributed by atoms with Gasteiger partial charge in [-0.05, 0) is 114 Å². The molecule has 110 valence electrons. The van der Waals surface area contributed by atoms with E-state index in [-0.39, 0.29) is 0 Å². The Labute approximate surface area is 125 Å². The molecule has 0 N–H and O–H groups in total. The van der Waals surface area contributed by atoms with Crippen LogP contribution >= 0.6 is 0 Å². The van der Waals surface area contributed by atoms with Crippen molar-refractivity contribution >= 4 is 11.1 Å². The average molecular weight is 270 g/mol. The number of benzene rings is 1. The minimum absolute atomic E-state index is 1.40. The lowest BCUT2D eigenvalue weighted by Crippen LogP contribution is -2.04. The van der Waals surface area contributed by atoms with Crippen LogP contribution in [-0.4, -0.2) is 0 Å². The van der Waals surface area contributed by atoms with Crippen molar-refractivity contribution in [3.63, 3.8) is 0 Å². The summed E-state index contributed by atoms with van der Waals surface area (Å²) >= 11 is 0. The molecular weight excluding hydrogens is 240 g/mol. The van der Waals surface area contributed by atoms with Crippen molar-refractivity contribution in [2.24, 2.45) is 0 Å². The van der Waals surface area contributed by atoms with E-state index in [9.17, 15) is 0 Å². The summed E-state index contributed by atoms with van der Waals surface area (Å²) in [5.74, 6) is 0. The lowest BCUT2D eigenvalue weighted by atomic mass is 9.82. The van der Waals surface area contributed by atoms with E-state index in [1.807, 2.05) is 0 Å². The van der Waals surface area contributed by atoms with Crippen molar-refractivity contribution in [1.29, 1.82) is 0 Å². The van der Waals surface area contributed by atoms with E-state index in [1.165, 1.54) is 55.7 Å². The summed E-state index contributed by atoms with van der Waals surface area (Å²) in [6.07, 6.45) is 0. The first-order valence-corrected chi connectivity index (χ1v) is 7.50. The molecule has 0 heterocycles. The summed E-state index contributed by atoms with van der Waals surface area (Å²) < 4.78 is 0. The first-order chi connectivity index (χ1) is 9.11. The zero-order valence-electron chi connectivity index (χ0n) is 15.0. The normalized spacial score (nSPS) is 10.5. The number of hydrogen-bond acceptors (Lipinski definition) is 0. The molecule has 0 bridgehead atoms. The van der Waals surface area contributed by atoms with E-state index in [1.54, 1.807) is 0 Å². The van der Waals surface area contributed by atoms with Gasteiger partial charge in [-0.3, -0.25) is 0 Å². The zero-order valence-corrected chi connectivity index (χ0v) is 15.0. The van der Waals surface area contributed by atoms with Crippen molar-refractivity contribution in [3.05, 3.63) is 44.5 Å². The molecule has 0 fully saturated rings. The van der Waals surface area contributed by atoms with E-state index in [4.69, 9.17) is 0 Å². The molecule has 1 aromatic rings. The van der Waals surface area contributed by atoms with E-state index in [0.717, 1.165) is 0 Å². The van der Waals surface area contributed by atoms with Crippen LogP contribution in [0.25, 0.3) is 11.1 Å². The van der Waals surface area contributed by atoms with Gasteiger partial charge in [-0.15, -0.1) is 0 Å². The van der Waals surface area contributed by atoms with Gasteiger partial charge in [0.2, 0.25) is 0 Å². The summed E-state index contributed by atoms with van der Waals surface area (Å²) in [5, 5.41) is 0. The van der Waals surface area contributed by atoms with Gasteiger partial charge in [0, 0.05) is 0 Å². The van der Waals surface area contributed by atoms with Crippen LogP contribution in [0.3, 0.4) is 0 Å². The smallest absolute Gasteiger partial charge is 0.0164 e. The molecule has 0 saturated heterocycles. The minimum atomic E-state index is 1.40. The maximum atomic E-state index is 2.27. The fourth-order valence-corrected chi connectivity index (χ4v) is 2.94. The lowest BCUT2D eigenvalue weighted by Gasteiger charge is -2.23. The van der Waals surface area contributed by atoms with E-state index >= 15 is 0 Å². The highest BCUT2D eigenvalue weighted by Crippen LogP contribution is 2.36. The zero-order chi connectivity index (χ0) is 15.8. The SMILES string of the molecule is CC(C)=C(C)c1c(C)c(C)c(C(C)=C(C)C)c(C)c1C. The van der Waals surface area contributed by atoms with Crippen LogP contribution in [0.15, 0.2) is 11.1 Å². The fraction of sp³-hybridized carbons (Fsp3) is 0.500. The van der Waals surface area contributed by atoms with E-state index < -0.39 is 0 Å². The van der Waals surface area contributed by atoms with Gasteiger partial charge in [0.15, 0.2) is 0 Å². The Morgan fingerprint density at radius 3 is 0.800 bits per heavy atom. The molecule has 0 aliphatic rings. The maximum absolute atomic E-state index is 2.27. The number of hydrogen-bond donors (Lipinski definition) is 0. The molecule has 0 aliphatic heterocycles. The molecule has 0 radical (unpaired) electrons. The molecule has 0 aliphatic carbocycles. The second-order valence-corrected chi connectivity index (χ2v) is 6.50. The summed E-state index contributed by atoms with van der Waals surface area (Å²) in [4.78, 5) is 0. The van der Waals surface area contributed by atoms with Crippen LogP contribution in [0.2, 0.25) is 0 Å². The van der Waals surface area contributed by atoms with Crippen LogP contribution in [0, 0.1) is 27.7 Å². The Bertz CT molecular complexity index is 515. The molecule has 0 saturated carbocycles.